The molecule has 15 heavy (non-hydrogen) atoms. The van der Waals surface area contributed by atoms with Crippen molar-refractivity contribution in [3.8, 4) is 0 Å². The normalized spacial score (nSPS) is 7.27. The molecule has 0 rings (SSSR count). The molecule has 11 nitrogen and oxygen atoms in total. The van der Waals surface area contributed by atoms with Crippen molar-refractivity contribution in [1.82, 2.24) is 0 Å². The van der Waals surface area contributed by atoms with E-state index in [1.807, 2.05) is 0 Å². The Labute approximate surface area is 87.8 Å². The van der Waals surface area contributed by atoms with Crippen LogP contribution >= 0.6 is 11.8 Å². The monoisotopic (exact) mass is 245 g/mol. The van der Waals surface area contributed by atoms with Crippen molar-refractivity contribution in [3.05, 3.63) is 30.6 Å². The van der Waals surface area contributed by atoms with Crippen LogP contribution in [0.25, 0.3) is 0 Å². The van der Waals surface area contributed by atoms with Crippen LogP contribution in [0.2, 0.25) is 0 Å². The molecule has 0 aliphatic carbocycles. The Morgan fingerprint density at radius 3 is 1.60 bits per heavy atom. The SMILES string of the molecule is NC(=[NH2+])SCC[NH3+].O=[N+]([O-])[O-].O=[N+]([O-])[O-]. The molecule has 0 aromatic rings. The fraction of sp³-hybridized carbons (Fsp3) is 0.667. The molecule has 7 N–H and O–H groups in total. The van der Waals surface area contributed by atoms with Gasteiger partial charge < -0.3 is 36.4 Å². The van der Waals surface area contributed by atoms with Crippen molar-refractivity contribution in [2.45, 2.75) is 0 Å². The number of nitrogens with two attached hydrogens (primary N) is 2. The molecule has 0 spiro atoms. The van der Waals surface area contributed by atoms with Crippen LogP contribution in [0.1, 0.15) is 0 Å². The van der Waals surface area contributed by atoms with Gasteiger partial charge in [0.15, 0.2) is 0 Å². The number of thioether (sulfide) groups is 1. The smallest absolute Gasteiger partial charge is 0.299 e. The molecule has 0 aromatic heterocycles. The Balaban J connectivity index is -0.000000155. The van der Waals surface area contributed by atoms with Crippen molar-refractivity contribution in [1.29, 1.82) is 0 Å². The lowest BCUT2D eigenvalue weighted by Crippen LogP contribution is -2.52. The van der Waals surface area contributed by atoms with Crippen molar-refractivity contribution < 1.29 is 21.3 Å². The van der Waals surface area contributed by atoms with Gasteiger partial charge in [0.2, 0.25) is 0 Å². The van der Waals surface area contributed by atoms with Crippen LogP contribution in [-0.2, 0) is 0 Å². The largest absolute Gasteiger partial charge is 0.357 e. The quantitative estimate of drug-likeness (QED) is 0.192. The minimum atomic E-state index is -1.75. The molecule has 0 atom stereocenters. The van der Waals surface area contributed by atoms with Gasteiger partial charge in [0, 0.05) is 0 Å². The lowest BCUT2D eigenvalue weighted by Gasteiger charge is -1.83. The van der Waals surface area contributed by atoms with Crippen LogP contribution in [0, 0.1) is 30.6 Å². The summed E-state index contributed by atoms with van der Waals surface area (Å²) < 4.78 is 0. The van der Waals surface area contributed by atoms with E-state index in [0.29, 0.717) is 5.17 Å². The number of rotatable bonds is 2. The third-order valence-corrected chi connectivity index (χ3v) is 1.24. The molecule has 0 bridgehead atoms. The first-order valence-electron chi connectivity index (χ1n) is 3.17. The predicted molar refractivity (Wildman–Crippen MR) is 52.1 cm³/mol. The Morgan fingerprint density at radius 2 is 1.53 bits per heavy atom. The second kappa shape index (κ2) is 14.7. The highest BCUT2D eigenvalue weighted by Gasteiger charge is 1.92. The van der Waals surface area contributed by atoms with Crippen LogP contribution in [0.15, 0.2) is 0 Å². The van der Waals surface area contributed by atoms with E-state index < -0.39 is 10.2 Å². The summed E-state index contributed by atoms with van der Waals surface area (Å²) in [7, 11) is 0. The number of amidine groups is 1. The first-order valence-corrected chi connectivity index (χ1v) is 4.15. The molecule has 0 amide bonds. The first-order chi connectivity index (χ1) is 6.73. The van der Waals surface area contributed by atoms with Crippen molar-refractivity contribution in [3.63, 3.8) is 0 Å². The number of hydrogen-bond acceptors (Lipinski definition) is 7. The molecule has 0 aliphatic heterocycles. The van der Waals surface area contributed by atoms with Crippen LogP contribution in [0.3, 0.4) is 0 Å². The molecule has 0 saturated heterocycles. The van der Waals surface area contributed by atoms with Crippen LogP contribution < -0.4 is 16.9 Å². The van der Waals surface area contributed by atoms with E-state index >= 15 is 0 Å². The zero-order valence-electron chi connectivity index (χ0n) is 7.53. The van der Waals surface area contributed by atoms with Crippen LogP contribution in [0.5, 0.6) is 0 Å². The predicted octanol–water partition coefficient (Wildman–Crippen LogP) is -3.44. The summed E-state index contributed by atoms with van der Waals surface area (Å²) >= 11 is 1.44. The van der Waals surface area contributed by atoms with Gasteiger partial charge >= 0.3 is 0 Å². The van der Waals surface area contributed by atoms with E-state index in [0.717, 1.165) is 12.3 Å². The molecular formula is C3H11N5O6S. The molecule has 0 radical (unpaired) electrons. The zero-order chi connectivity index (χ0) is 12.9. The Bertz CT molecular complexity index is 179. The van der Waals surface area contributed by atoms with Gasteiger partial charge in [-0.3, -0.25) is 11.1 Å². The summed E-state index contributed by atoms with van der Waals surface area (Å²) in [6.07, 6.45) is 0. The van der Waals surface area contributed by atoms with Crippen molar-refractivity contribution in [2.24, 2.45) is 5.73 Å². The minimum Gasteiger partial charge on any atom is -0.357 e. The Kier molecular flexibility index (Phi) is 18.5. The summed E-state index contributed by atoms with van der Waals surface area (Å²) in [6, 6.07) is 0. The van der Waals surface area contributed by atoms with Crippen molar-refractivity contribution in [2.75, 3.05) is 12.3 Å². The molecule has 90 valence electrons. The van der Waals surface area contributed by atoms with E-state index in [-0.39, 0.29) is 0 Å². The maximum absolute atomic E-state index is 8.25. The van der Waals surface area contributed by atoms with E-state index in [4.69, 9.17) is 41.8 Å². The molecule has 12 heteroatoms. The second-order valence-corrected chi connectivity index (χ2v) is 2.72. The molecule has 0 heterocycles. The lowest BCUT2D eigenvalue weighted by atomic mass is 10.8. The van der Waals surface area contributed by atoms with Gasteiger partial charge in [0.1, 0.15) is 0 Å². The maximum Gasteiger partial charge on any atom is 0.299 e. The minimum absolute atomic E-state index is 0.434. The molecular weight excluding hydrogens is 234 g/mol. The van der Waals surface area contributed by atoms with Gasteiger partial charge in [-0.15, -0.1) is 0 Å². The summed E-state index contributed by atoms with van der Waals surface area (Å²) in [5.74, 6) is 0.919. The van der Waals surface area contributed by atoms with Gasteiger partial charge in [-0.25, -0.2) is 0 Å². The summed E-state index contributed by atoms with van der Waals surface area (Å²) in [6.45, 7) is 0.878. The standard InChI is InChI=1S/C3H9N3S.2NO3/c4-1-2-7-3(5)6;2*2-1(3)4/h1-2,4H2,(H3,5,6);;/q;2*-1/p+2. The Morgan fingerprint density at radius 1 is 1.27 bits per heavy atom. The molecule has 0 aromatic carbocycles. The highest BCUT2D eigenvalue weighted by Crippen LogP contribution is 1.89. The molecule has 0 unspecified atom stereocenters. The van der Waals surface area contributed by atoms with Gasteiger partial charge in [-0.05, 0) is 11.8 Å². The van der Waals surface area contributed by atoms with E-state index in [2.05, 4.69) is 5.73 Å². The average Bonchev–Trinajstić information content (AvgIpc) is 1.98. The van der Waals surface area contributed by atoms with E-state index in [1.54, 1.807) is 0 Å². The van der Waals surface area contributed by atoms with Crippen LogP contribution in [0.4, 0.5) is 0 Å². The summed E-state index contributed by atoms with van der Waals surface area (Å²) in [5.41, 5.74) is 8.72. The topological polar surface area (TPSA) is 212 Å². The highest BCUT2D eigenvalue weighted by atomic mass is 32.2. The van der Waals surface area contributed by atoms with Crippen molar-refractivity contribution >= 4 is 16.9 Å². The van der Waals surface area contributed by atoms with Crippen LogP contribution in [-0.4, -0.2) is 27.6 Å². The maximum atomic E-state index is 8.25. The highest BCUT2D eigenvalue weighted by molar-refractivity contribution is 8.13. The Hall–Kier alpha value is -1.82. The average molecular weight is 245 g/mol. The zero-order valence-corrected chi connectivity index (χ0v) is 8.34. The first kappa shape index (κ1) is 18.9. The second-order valence-electron chi connectivity index (χ2n) is 1.55. The fourth-order valence-corrected chi connectivity index (χ4v) is 0.570. The summed E-state index contributed by atoms with van der Waals surface area (Å²) in [4.78, 5) is 16.5. The number of quaternary nitrogens is 1. The molecule has 0 fully saturated rings. The van der Waals surface area contributed by atoms with E-state index in [1.165, 1.54) is 11.8 Å². The fourth-order valence-electron chi connectivity index (χ4n) is 0.190. The lowest BCUT2D eigenvalue weighted by molar-refractivity contribution is -0.403. The molecule has 0 aliphatic rings. The van der Waals surface area contributed by atoms with Gasteiger partial charge in [-0.1, -0.05) is 0 Å². The van der Waals surface area contributed by atoms with Gasteiger partial charge in [0.05, 0.1) is 22.5 Å². The van der Waals surface area contributed by atoms with E-state index in [9.17, 15) is 0 Å². The number of hydrogen-bond donors (Lipinski definition) is 3. The summed E-state index contributed by atoms with van der Waals surface area (Å²) in [5, 5.41) is 35.0. The third kappa shape index (κ3) is 266. The van der Waals surface area contributed by atoms with Gasteiger partial charge in [0.25, 0.3) is 5.17 Å². The van der Waals surface area contributed by atoms with Gasteiger partial charge in [-0.2, -0.15) is 0 Å². The molecule has 0 saturated carbocycles. The number of nitrogens with zero attached hydrogens (tertiary/aromatic N) is 2. The third-order valence-electron chi connectivity index (χ3n) is 0.413.